The Balaban J connectivity index is 2.57. The first-order chi connectivity index (χ1) is 6.74. The molecule has 0 fully saturated rings. The van der Waals surface area contributed by atoms with Crippen molar-refractivity contribution in [1.82, 2.24) is 0 Å². The minimum absolute atomic E-state index is 0.557. The molecular formula is C11H13ClOS. The molecule has 1 aromatic rings. The van der Waals surface area contributed by atoms with Crippen molar-refractivity contribution in [2.45, 2.75) is 6.92 Å². The Labute approximate surface area is 95.1 Å². The van der Waals surface area contributed by atoms with E-state index in [4.69, 9.17) is 16.3 Å². The summed E-state index contributed by atoms with van der Waals surface area (Å²) < 4.78 is 5.51. The molecule has 0 aromatic heterocycles. The van der Waals surface area contributed by atoms with Crippen LogP contribution in [0.25, 0.3) is 0 Å². The van der Waals surface area contributed by atoms with Gasteiger partial charge in [0.25, 0.3) is 0 Å². The maximum atomic E-state index is 5.85. The molecule has 1 aromatic carbocycles. The lowest BCUT2D eigenvalue weighted by Gasteiger charge is -2.06. The smallest absolute Gasteiger partial charge is 0.124 e. The SMILES string of the molecule is Cc1ccc(Cl)cc1OCC=CCS. The van der Waals surface area contributed by atoms with Gasteiger partial charge in [0.2, 0.25) is 0 Å². The molecule has 0 heterocycles. The first-order valence-electron chi connectivity index (χ1n) is 4.39. The predicted molar refractivity (Wildman–Crippen MR) is 64.7 cm³/mol. The molecule has 0 aliphatic rings. The van der Waals surface area contributed by atoms with E-state index in [-0.39, 0.29) is 0 Å². The van der Waals surface area contributed by atoms with Crippen LogP contribution in [-0.2, 0) is 0 Å². The highest BCUT2D eigenvalue weighted by atomic mass is 35.5. The lowest BCUT2D eigenvalue weighted by Crippen LogP contribution is -1.95. The van der Waals surface area contributed by atoms with E-state index in [0.29, 0.717) is 11.6 Å². The number of ether oxygens (including phenoxy) is 1. The van der Waals surface area contributed by atoms with Gasteiger partial charge in [0.05, 0.1) is 0 Å². The summed E-state index contributed by atoms with van der Waals surface area (Å²) in [6.07, 6.45) is 3.89. The topological polar surface area (TPSA) is 9.23 Å². The highest BCUT2D eigenvalue weighted by Gasteiger charge is 1.98. The Kier molecular flexibility index (Phi) is 4.91. The third kappa shape index (κ3) is 3.64. The minimum atomic E-state index is 0.557. The predicted octanol–water partition coefficient (Wildman–Crippen LogP) is 3.51. The number of hydrogen-bond donors (Lipinski definition) is 1. The Hall–Kier alpha value is -0.600. The second-order valence-electron chi connectivity index (χ2n) is 2.87. The zero-order chi connectivity index (χ0) is 10.4. The van der Waals surface area contributed by atoms with E-state index < -0.39 is 0 Å². The molecule has 0 atom stereocenters. The van der Waals surface area contributed by atoms with Crippen LogP contribution in [0, 0.1) is 6.92 Å². The van der Waals surface area contributed by atoms with Gasteiger partial charge >= 0.3 is 0 Å². The second kappa shape index (κ2) is 5.99. The van der Waals surface area contributed by atoms with Gasteiger partial charge in [-0.25, -0.2) is 0 Å². The lowest BCUT2D eigenvalue weighted by molar-refractivity contribution is 0.360. The van der Waals surface area contributed by atoms with E-state index in [9.17, 15) is 0 Å². The van der Waals surface area contributed by atoms with Crippen molar-refractivity contribution in [3.05, 3.63) is 40.9 Å². The Bertz CT molecular complexity index is 323. The average Bonchev–Trinajstić information content (AvgIpc) is 2.18. The van der Waals surface area contributed by atoms with Gasteiger partial charge in [0.1, 0.15) is 12.4 Å². The maximum Gasteiger partial charge on any atom is 0.124 e. The van der Waals surface area contributed by atoms with Crippen molar-refractivity contribution in [1.29, 1.82) is 0 Å². The number of benzene rings is 1. The van der Waals surface area contributed by atoms with Gasteiger partial charge in [-0.2, -0.15) is 12.6 Å². The van der Waals surface area contributed by atoms with Crippen molar-refractivity contribution in [2.24, 2.45) is 0 Å². The largest absolute Gasteiger partial charge is 0.489 e. The molecule has 0 aliphatic heterocycles. The van der Waals surface area contributed by atoms with Crippen LogP contribution in [-0.4, -0.2) is 12.4 Å². The summed E-state index contributed by atoms with van der Waals surface area (Å²) in [4.78, 5) is 0. The average molecular weight is 229 g/mol. The molecule has 76 valence electrons. The van der Waals surface area contributed by atoms with Gasteiger partial charge < -0.3 is 4.74 Å². The van der Waals surface area contributed by atoms with Gasteiger partial charge in [-0.05, 0) is 24.6 Å². The molecule has 0 bridgehead atoms. The Morgan fingerprint density at radius 3 is 2.93 bits per heavy atom. The summed E-state index contributed by atoms with van der Waals surface area (Å²) in [5.41, 5.74) is 1.09. The van der Waals surface area contributed by atoms with Crippen LogP contribution >= 0.6 is 24.2 Å². The van der Waals surface area contributed by atoms with E-state index >= 15 is 0 Å². The fraction of sp³-hybridized carbons (Fsp3) is 0.273. The number of hydrogen-bond acceptors (Lipinski definition) is 2. The van der Waals surface area contributed by atoms with E-state index in [1.54, 1.807) is 0 Å². The van der Waals surface area contributed by atoms with E-state index in [0.717, 1.165) is 17.1 Å². The summed E-state index contributed by atoms with van der Waals surface area (Å²) in [7, 11) is 0. The minimum Gasteiger partial charge on any atom is -0.489 e. The molecule has 0 aliphatic carbocycles. The number of aryl methyl sites for hydroxylation is 1. The fourth-order valence-electron chi connectivity index (χ4n) is 1.01. The molecule has 0 amide bonds. The highest BCUT2D eigenvalue weighted by molar-refractivity contribution is 7.80. The van der Waals surface area contributed by atoms with Crippen LogP contribution in [0.1, 0.15) is 5.56 Å². The van der Waals surface area contributed by atoms with Gasteiger partial charge in [-0.15, -0.1) is 0 Å². The summed E-state index contributed by atoms with van der Waals surface area (Å²) in [6.45, 7) is 2.55. The third-order valence-corrected chi connectivity index (χ3v) is 2.20. The molecule has 1 rings (SSSR count). The van der Waals surface area contributed by atoms with Crippen molar-refractivity contribution in [3.8, 4) is 5.75 Å². The van der Waals surface area contributed by atoms with Crippen molar-refractivity contribution in [2.75, 3.05) is 12.4 Å². The van der Waals surface area contributed by atoms with Gasteiger partial charge in [-0.3, -0.25) is 0 Å². The maximum absolute atomic E-state index is 5.85. The number of rotatable bonds is 4. The van der Waals surface area contributed by atoms with Gasteiger partial charge in [0, 0.05) is 10.8 Å². The molecule has 0 radical (unpaired) electrons. The third-order valence-electron chi connectivity index (χ3n) is 1.76. The Morgan fingerprint density at radius 2 is 2.21 bits per heavy atom. The molecule has 14 heavy (non-hydrogen) atoms. The summed E-state index contributed by atoms with van der Waals surface area (Å²) in [5.74, 6) is 1.57. The van der Waals surface area contributed by atoms with Crippen LogP contribution in [0.2, 0.25) is 5.02 Å². The summed E-state index contributed by atoms with van der Waals surface area (Å²) >= 11 is 9.90. The molecular weight excluding hydrogens is 216 g/mol. The van der Waals surface area contributed by atoms with Crippen LogP contribution < -0.4 is 4.74 Å². The first-order valence-corrected chi connectivity index (χ1v) is 5.40. The quantitative estimate of drug-likeness (QED) is 0.613. The summed E-state index contributed by atoms with van der Waals surface area (Å²) in [5, 5.41) is 0.698. The van der Waals surface area contributed by atoms with Gasteiger partial charge in [-0.1, -0.05) is 29.8 Å². The van der Waals surface area contributed by atoms with Crippen LogP contribution in [0.5, 0.6) is 5.75 Å². The zero-order valence-electron chi connectivity index (χ0n) is 8.03. The second-order valence-corrected chi connectivity index (χ2v) is 3.68. The van der Waals surface area contributed by atoms with E-state index in [2.05, 4.69) is 12.6 Å². The molecule has 0 unspecified atom stereocenters. The zero-order valence-corrected chi connectivity index (χ0v) is 9.68. The van der Waals surface area contributed by atoms with E-state index in [1.807, 2.05) is 37.3 Å². The van der Waals surface area contributed by atoms with Crippen LogP contribution in [0.3, 0.4) is 0 Å². The molecule has 0 saturated heterocycles. The fourth-order valence-corrected chi connectivity index (χ4v) is 1.32. The standard InChI is InChI=1S/C11H13ClOS/c1-9-4-5-10(12)8-11(9)13-6-2-3-7-14/h2-5,8,14H,6-7H2,1H3. The normalized spacial score (nSPS) is 10.8. The summed E-state index contributed by atoms with van der Waals surface area (Å²) in [6, 6.07) is 5.62. The highest BCUT2D eigenvalue weighted by Crippen LogP contribution is 2.22. The van der Waals surface area contributed by atoms with Crippen LogP contribution in [0.15, 0.2) is 30.4 Å². The van der Waals surface area contributed by atoms with E-state index in [1.165, 1.54) is 0 Å². The lowest BCUT2D eigenvalue weighted by atomic mass is 10.2. The van der Waals surface area contributed by atoms with Crippen molar-refractivity contribution >= 4 is 24.2 Å². The molecule has 0 saturated carbocycles. The first kappa shape index (κ1) is 11.5. The molecule has 3 heteroatoms. The van der Waals surface area contributed by atoms with Crippen LogP contribution in [0.4, 0.5) is 0 Å². The number of thiol groups is 1. The molecule has 0 spiro atoms. The van der Waals surface area contributed by atoms with Gasteiger partial charge in [0.15, 0.2) is 0 Å². The molecule has 0 N–H and O–H groups in total. The Morgan fingerprint density at radius 1 is 1.43 bits per heavy atom. The van der Waals surface area contributed by atoms with Crippen molar-refractivity contribution in [3.63, 3.8) is 0 Å². The van der Waals surface area contributed by atoms with Crippen molar-refractivity contribution < 1.29 is 4.74 Å². The number of halogens is 1. The molecule has 1 nitrogen and oxygen atoms in total. The monoisotopic (exact) mass is 228 g/mol.